The molecule has 0 bridgehead atoms. The van der Waals surface area contributed by atoms with Crippen LogP contribution in [0.5, 0.6) is 5.88 Å². The van der Waals surface area contributed by atoms with Crippen molar-refractivity contribution in [3.63, 3.8) is 0 Å². The van der Waals surface area contributed by atoms with Crippen LogP contribution < -0.4 is 21.5 Å². The van der Waals surface area contributed by atoms with Gasteiger partial charge in [0.25, 0.3) is 0 Å². The second-order valence-corrected chi connectivity index (χ2v) is 7.50. The monoisotopic (exact) mass is 332 g/mol. The van der Waals surface area contributed by atoms with Crippen LogP contribution in [-0.4, -0.2) is 52.6 Å². The van der Waals surface area contributed by atoms with Crippen molar-refractivity contribution in [2.45, 2.75) is 38.2 Å². The van der Waals surface area contributed by atoms with Crippen LogP contribution in [0.25, 0.3) is 0 Å². The quantitative estimate of drug-likeness (QED) is 0.659. The molecule has 3 aliphatic heterocycles. The SMILES string of the molecule is CC1(C(=O)N2CC[C@]3(Cc4c(N)nc(N)nc4O3)C2)CCNCC1. The number of ether oxygens (including phenoxy) is 1. The number of piperidine rings is 1. The molecule has 0 aromatic carbocycles. The number of nitrogen functional groups attached to an aromatic ring is 2. The number of nitrogens with one attached hydrogen (secondary N) is 1. The number of carbonyl (C=O) groups is 1. The molecule has 2 saturated heterocycles. The number of nitrogens with zero attached hydrogens (tertiary/aromatic N) is 3. The third-order valence-corrected chi connectivity index (χ3v) is 5.66. The van der Waals surface area contributed by atoms with Gasteiger partial charge in [-0.05, 0) is 25.9 Å². The fraction of sp³-hybridized carbons (Fsp3) is 0.688. The van der Waals surface area contributed by atoms with Crippen LogP contribution in [0.2, 0.25) is 0 Å². The van der Waals surface area contributed by atoms with Gasteiger partial charge in [-0.15, -0.1) is 0 Å². The molecule has 0 radical (unpaired) electrons. The summed E-state index contributed by atoms with van der Waals surface area (Å²) in [6, 6.07) is 0. The van der Waals surface area contributed by atoms with Crippen LogP contribution in [0.4, 0.5) is 11.8 Å². The van der Waals surface area contributed by atoms with Crippen molar-refractivity contribution in [1.82, 2.24) is 20.2 Å². The Morgan fingerprint density at radius 2 is 2.00 bits per heavy atom. The van der Waals surface area contributed by atoms with Gasteiger partial charge in [-0.2, -0.15) is 9.97 Å². The minimum absolute atomic E-state index is 0.122. The molecular weight excluding hydrogens is 308 g/mol. The minimum Gasteiger partial charge on any atom is -0.468 e. The maximum absolute atomic E-state index is 13.0. The van der Waals surface area contributed by atoms with Crippen molar-refractivity contribution in [3.8, 4) is 5.88 Å². The lowest BCUT2D eigenvalue weighted by atomic mass is 9.79. The van der Waals surface area contributed by atoms with Crippen molar-refractivity contribution in [2.75, 3.05) is 37.6 Å². The molecule has 0 unspecified atom stereocenters. The Balaban J connectivity index is 1.51. The fourth-order valence-corrected chi connectivity index (χ4v) is 4.13. The maximum atomic E-state index is 13.0. The van der Waals surface area contributed by atoms with E-state index in [-0.39, 0.29) is 17.3 Å². The standard InChI is InChI=1S/C16H24N6O2/c1-15(2-5-19-6-3-15)13(23)22-7-4-16(9-22)8-10-11(17)20-14(18)21-12(10)24-16/h19H,2-9H2,1H3,(H4,17,18,20,21)/t16-/m0/s1. The average Bonchev–Trinajstić information content (AvgIpc) is 3.11. The normalized spacial score (nSPS) is 28.0. The molecule has 1 aromatic rings. The summed E-state index contributed by atoms with van der Waals surface area (Å²) >= 11 is 0. The van der Waals surface area contributed by atoms with Crippen LogP contribution in [0.15, 0.2) is 0 Å². The van der Waals surface area contributed by atoms with E-state index in [0.717, 1.165) is 37.9 Å². The third kappa shape index (κ3) is 2.36. The Morgan fingerprint density at radius 3 is 2.75 bits per heavy atom. The van der Waals surface area contributed by atoms with E-state index < -0.39 is 5.60 Å². The summed E-state index contributed by atoms with van der Waals surface area (Å²) < 4.78 is 6.10. The Morgan fingerprint density at radius 1 is 1.25 bits per heavy atom. The molecule has 0 saturated carbocycles. The van der Waals surface area contributed by atoms with Gasteiger partial charge in [0.1, 0.15) is 11.4 Å². The van der Waals surface area contributed by atoms with E-state index in [1.165, 1.54) is 0 Å². The predicted molar refractivity (Wildman–Crippen MR) is 89.3 cm³/mol. The van der Waals surface area contributed by atoms with Crippen molar-refractivity contribution in [3.05, 3.63) is 5.56 Å². The van der Waals surface area contributed by atoms with Crippen molar-refractivity contribution in [2.24, 2.45) is 5.41 Å². The van der Waals surface area contributed by atoms with E-state index in [0.29, 0.717) is 31.2 Å². The summed E-state index contributed by atoms with van der Waals surface area (Å²) in [5.74, 6) is 1.21. The van der Waals surface area contributed by atoms with Gasteiger partial charge in [-0.3, -0.25) is 4.79 Å². The third-order valence-electron chi connectivity index (χ3n) is 5.66. The molecule has 1 aromatic heterocycles. The topological polar surface area (TPSA) is 119 Å². The molecular formula is C16H24N6O2. The molecule has 4 heterocycles. The first kappa shape index (κ1) is 15.4. The van der Waals surface area contributed by atoms with E-state index in [1.54, 1.807) is 0 Å². The van der Waals surface area contributed by atoms with Crippen LogP contribution in [0.1, 0.15) is 31.7 Å². The smallest absolute Gasteiger partial charge is 0.228 e. The summed E-state index contributed by atoms with van der Waals surface area (Å²) in [6.07, 6.45) is 3.18. The molecule has 2 fully saturated rings. The van der Waals surface area contributed by atoms with E-state index in [2.05, 4.69) is 22.2 Å². The van der Waals surface area contributed by atoms with E-state index in [1.807, 2.05) is 4.90 Å². The zero-order chi connectivity index (χ0) is 16.9. The number of rotatable bonds is 1. The molecule has 8 nitrogen and oxygen atoms in total. The second-order valence-electron chi connectivity index (χ2n) is 7.50. The highest BCUT2D eigenvalue weighted by atomic mass is 16.5. The molecule has 3 aliphatic rings. The molecule has 8 heteroatoms. The molecule has 1 atom stereocenters. The number of amides is 1. The highest BCUT2D eigenvalue weighted by molar-refractivity contribution is 5.83. The lowest BCUT2D eigenvalue weighted by Crippen LogP contribution is -2.48. The van der Waals surface area contributed by atoms with Gasteiger partial charge >= 0.3 is 0 Å². The zero-order valence-corrected chi connectivity index (χ0v) is 14.0. The van der Waals surface area contributed by atoms with E-state index in [9.17, 15) is 4.79 Å². The lowest BCUT2D eigenvalue weighted by molar-refractivity contribution is -0.142. The summed E-state index contributed by atoms with van der Waals surface area (Å²) in [5.41, 5.74) is 11.7. The zero-order valence-electron chi connectivity index (χ0n) is 14.0. The van der Waals surface area contributed by atoms with Crippen LogP contribution >= 0.6 is 0 Å². The Kier molecular flexibility index (Phi) is 3.35. The first-order chi connectivity index (χ1) is 11.4. The number of carbonyl (C=O) groups excluding carboxylic acids is 1. The molecule has 0 aliphatic carbocycles. The molecule has 130 valence electrons. The number of fused-ring (bicyclic) bond motifs is 1. The van der Waals surface area contributed by atoms with Gasteiger partial charge < -0.3 is 26.4 Å². The molecule has 5 N–H and O–H groups in total. The molecule has 24 heavy (non-hydrogen) atoms. The van der Waals surface area contributed by atoms with Gasteiger partial charge in [-0.25, -0.2) is 0 Å². The van der Waals surface area contributed by atoms with E-state index >= 15 is 0 Å². The van der Waals surface area contributed by atoms with E-state index in [4.69, 9.17) is 16.2 Å². The first-order valence-electron chi connectivity index (χ1n) is 8.52. The highest BCUT2D eigenvalue weighted by Crippen LogP contribution is 2.43. The summed E-state index contributed by atoms with van der Waals surface area (Å²) in [7, 11) is 0. The van der Waals surface area contributed by atoms with Crippen LogP contribution in [0.3, 0.4) is 0 Å². The number of likely N-dealkylation sites (tertiary alicyclic amines) is 1. The average molecular weight is 332 g/mol. The Hall–Kier alpha value is -2.09. The van der Waals surface area contributed by atoms with Crippen LogP contribution in [-0.2, 0) is 11.2 Å². The molecule has 1 spiro atoms. The minimum atomic E-state index is -0.433. The number of hydrogen-bond donors (Lipinski definition) is 3. The van der Waals surface area contributed by atoms with Gasteiger partial charge in [0.05, 0.1) is 12.1 Å². The first-order valence-corrected chi connectivity index (χ1v) is 8.52. The van der Waals surface area contributed by atoms with Gasteiger partial charge in [0.15, 0.2) is 0 Å². The number of nitrogens with two attached hydrogens (primary N) is 2. The highest BCUT2D eigenvalue weighted by Gasteiger charge is 2.50. The second kappa shape index (κ2) is 5.20. The van der Waals surface area contributed by atoms with Gasteiger partial charge in [-0.1, -0.05) is 6.92 Å². The Labute approximate surface area is 140 Å². The van der Waals surface area contributed by atoms with Crippen molar-refractivity contribution < 1.29 is 9.53 Å². The maximum Gasteiger partial charge on any atom is 0.228 e. The van der Waals surface area contributed by atoms with Gasteiger partial charge in [0, 0.05) is 24.8 Å². The fourth-order valence-electron chi connectivity index (χ4n) is 4.13. The number of hydrogen-bond acceptors (Lipinski definition) is 7. The Bertz CT molecular complexity index is 687. The lowest BCUT2D eigenvalue weighted by Gasteiger charge is -2.36. The van der Waals surface area contributed by atoms with Crippen molar-refractivity contribution >= 4 is 17.7 Å². The molecule has 1 amide bonds. The number of aromatic nitrogens is 2. The van der Waals surface area contributed by atoms with Crippen LogP contribution in [0, 0.1) is 5.41 Å². The number of anilines is 2. The van der Waals surface area contributed by atoms with Gasteiger partial charge in [0.2, 0.25) is 17.7 Å². The predicted octanol–water partition coefficient (Wildman–Crippen LogP) is -0.0633. The van der Waals surface area contributed by atoms with Crippen molar-refractivity contribution in [1.29, 1.82) is 0 Å². The summed E-state index contributed by atoms with van der Waals surface area (Å²) in [5, 5.41) is 3.32. The summed E-state index contributed by atoms with van der Waals surface area (Å²) in [4.78, 5) is 23.1. The largest absolute Gasteiger partial charge is 0.468 e. The summed E-state index contributed by atoms with van der Waals surface area (Å²) in [6.45, 7) is 5.15. The molecule has 4 rings (SSSR count).